The number of carboxylic acid groups (broad SMARTS) is 1. The van der Waals surface area contributed by atoms with Crippen LogP contribution in [0.5, 0.6) is 0 Å². The Hall–Kier alpha value is -2.36. The maximum atomic E-state index is 13.5. The third-order valence-electron chi connectivity index (χ3n) is 4.65. The fourth-order valence-corrected chi connectivity index (χ4v) is 3.72. The van der Waals surface area contributed by atoms with Crippen molar-refractivity contribution in [1.82, 2.24) is 4.90 Å². The van der Waals surface area contributed by atoms with Crippen LogP contribution in [0.4, 0.5) is 13.2 Å². The molecule has 1 aromatic carbocycles. The van der Waals surface area contributed by atoms with E-state index in [1.54, 1.807) is 0 Å². The van der Waals surface area contributed by atoms with E-state index in [0.717, 1.165) is 18.2 Å². The number of nitro groups is 1. The minimum Gasteiger partial charge on any atom is -0.478 e. The van der Waals surface area contributed by atoms with Gasteiger partial charge in [-0.2, -0.15) is 13.2 Å². The summed E-state index contributed by atoms with van der Waals surface area (Å²) in [6.45, 7) is 3.18. The van der Waals surface area contributed by atoms with E-state index in [1.165, 1.54) is 24.8 Å². The fraction of sp³-hybridized carbons (Fsp3) is 0.389. The third-order valence-corrected chi connectivity index (χ3v) is 5.21. The summed E-state index contributed by atoms with van der Waals surface area (Å²) in [5.74, 6) is -3.12. The van der Waals surface area contributed by atoms with Gasteiger partial charge in [0, 0.05) is 17.6 Å². The van der Waals surface area contributed by atoms with Gasteiger partial charge in [0.1, 0.15) is 5.92 Å². The van der Waals surface area contributed by atoms with Crippen molar-refractivity contribution in [3.8, 4) is 0 Å². The molecule has 0 spiro atoms. The number of rotatable bonds is 6. The molecule has 6 nitrogen and oxygen atoms in total. The Bertz CT molecular complexity index is 827. The van der Waals surface area contributed by atoms with E-state index in [4.69, 9.17) is 0 Å². The molecule has 1 N–H and O–H groups in total. The number of aliphatic carboxylic acids is 1. The zero-order chi connectivity index (χ0) is 21.2. The number of hydrogen-bond donors (Lipinski definition) is 1. The summed E-state index contributed by atoms with van der Waals surface area (Å²) in [6.07, 6.45) is -4.22. The Labute approximate surface area is 167 Å². The van der Waals surface area contributed by atoms with Crippen LogP contribution in [0.25, 0.3) is 0 Å². The molecule has 1 aliphatic heterocycles. The molecule has 0 radical (unpaired) electrons. The average Bonchev–Trinajstić information content (AvgIpc) is 2.59. The zero-order valence-corrected chi connectivity index (χ0v) is 16.7. The lowest BCUT2D eigenvalue weighted by atomic mass is 9.81. The first-order chi connectivity index (χ1) is 13.0. The quantitative estimate of drug-likeness (QED) is 0.374. The first kappa shape index (κ1) is 21.9. The van der Waals surface area contributed by atoms with E-state index in [2.05, 4.69) is 15.9 Å². The van der Waals surface area contributed by atoms with Crippen molar-refractivity contribution in [3.63, 3.8) is 0 Å². The van der Waals surface area contributed by atoms with E-state index in [-0.39, 0.29) is 11.4 Å². The summed E-state index contributed by atoms with van der Waals surface area (Å²) >= 11 is 3.25. The van der Waals surface area contributed by atoms with Crippen molar-refractivity contribution in [2.45, 2.75) is 32.4 Å². The zero-order valence-electron chi connectivity index (χ0n) is 15.1. The van der Waals surface area contributed by atoms with Gasteiger partial charge in [0.2, 0.25) is 0 Å². The second kappa shape index (κ2) is 8.34. The highest BCUT2D eigenvalue weighted by Crippen LogP contribution is 2.46. The van der Waals surface area contributed by atoms with Gasteiger partial charge in [-0.25, -0.2) is 4.79 Å². The Kier molecular flexibility index (Phi) is 6.53. The SMILES string of the molecule is CC1=C(C(=O)O)C(c2ccccc2C(F)(F)F)C([N+](=O)[O-])=C(C)N1CCCBr. The molecular weight excluding hydrogens is 445 g/mol. The van der Waals surface area contributed by atoms with Gasteiger partial charge in [0.25, 0.3) is 5.70 Å². The average molecular weight is 463 g/mol. The van der Waals surface area contributed by atoms with Crippen LogP contribution >= 0.6 is 15.9 Å². The van der Waals surface area contributed by atoms with Crippen molar-refractivity contribution in [1.29, 1.82) is 0 Å². The fourth-order valence-electron chi connectivity index (χ4n) is 3.47. The molecule has 0 bridgehead atoms. The maximum Gasteiger partial charge on any atom is 0.416 e. The molecule has 28 heavy (non-hydrogen) atoms. The molecule has 0 aromatic heterocycles. The van der Waals surface area contributed by atoms with E-state index in [9.17, 15) is 33.2 Å². The van der Waals surface area contributed by atoms with Crippen LogP contribution in [0.3, 0.4) is 0 Å². The number of alkyl halides is 4. The van der Waals surface area contributed by atoms with Gasteiger partial charge in [-0.05, 0) is 31.9 Å². The van der Waals surface area contributed by atoms with E-state index in [1.807, 2.05) is 0 Å². The Morgan fingerprint density at radius 2 is 1.89 bits per heavy atom. The molecule has 0 amide bonds. The molecule has 0 aliphatic carbocycles. The highest BCUT2D eigenvalue weighted by Gasteiger charge is 2.46. The van der Waals surface area contributed by atoms with Crippen molar-refractivity contribution < 1.29 is 28.0 Å². The lowest BCUT2D eigenvalue weighted by Gasteiger charge is -2.35. The van der Waals surface area contributed by atoms with Gasteiger partial charge in [-0.15, -0.1) is 0 Å². The van der Waals surface area contributed by atoms with Crippen molar-refractivity contribution in [2.24, 2.45) is 0 Å². The molecule has 10 heteroatoms. The number of carboxylic acids is 1. The number of halogens is 4. The highest BCUT2D eigenvalue weighted by atomic mass is 79.9. The maximum absolute atomic E-state index is 13.5. The second-order valence-electron chi connectivity index (χ2n) is 6.24. The van der Waals surface area contributed by atoms with Crippen molar-refractivity contribution in [3.05, 3.63) is 68.2 Å². The lowest BCUT2D eigenvalue weighted by Crippen LogP contribution is -2.35. The van der Waals surface area contributed by atoms with Crippen LogP contribution in [-0.2, 0) is 11.0 Å². The van der Waals surface area contributed by atoms with E-state index >= 15 is 0 Å². The predicted molar refractivity (Wildman–Crippen MR) is 99.3 cm³/mol. The molecule has 0 fully saturated rings. The summed E-state index contributed by atoms with van der Waals surface area (Å²) in [7, 11) is 0. The monoisotopic (exact) mass is 462 g/mol. The van der Waals surface area contributed by atoms with E-state index < -0.39 is 45.4 Å². The number of allylic oxidation sites excluding steroid dienone is 3. The van der Waals surface area contributed by atoms with Crippen LogP contribution in [0.1, 0.15) is 37.3 Å². The number of carbonyl (C=O) groups is 1. The third kappa shape index (κ3) is 4.06. The van der Waals surface area contributed by atoms with Crippen molar-refractivity contribution >= 4 is 21.9 Å². The van der Waals surface area contributed by atoms with Crippen molar-refractivity contribution in [2.75, 3.05) is 11.9 Å². The molecule has 152 valence electrons. The predicted octanol–water partition coefficient (Wildman–Crippen LogP) is 4.76. The minimum absolute atomic E-state index is 0.135. The van der Waals surface area contributed by atoms with Crippen LogP contribution in [-0.4, -0.2) is 32.8 Å². The second-order valence-corrected chi connectivity index (χ2v) is 7.04. The topological polar surface area (TPSA) is 83.7 Å². The molecule has 1 unspecified atom stereocenters. The largest absolute Gasteiger partial charge is 0.478 e. The van der Waals surface area contributed by atoms with Gasteiger partial charge in [-0.1, -0.05) is 34.1 Å². The summed E-state index contributed by atoms with van der Waals surface area (Å²) in [5.41, 5.74) is -2.20. The molecular formula is C18H18BrF3N2O4. The summed E-state index contributed by atoms with van der Waals surface area (Å²) in [5, 5.41) is 22.1. The van der Waals surface area contributed by atoms with Gasteiger partial charge in [0.15, 0.2) is 0 Å². The smallest absolute Gasteiger partial charge is 0.416 e. The number of benzene rings is 1. The summed E-state index contributed by atoms with van der Waals surface area (Å²) in [6, 6.07) is 4.36. The molecule has 1 aromatic rings. The molecule has 2 rings (SSSR count). The van der Waals surface area contributed by atoms with Gasteiger partial charge < -0.3 is 10.0 Å². The summed E-state index contributed by atoms with van der Waals surface area (Å²) in [4.78, 5) is 24.5. The number of nitrogens with zero attached hydrogens (tertiary/aromatic N) is 2. The molecule has 1 aliphatic rings. The van der Waals surface area contributed by atoms with Gasteiger partial charge >= 0.3 is 12.1 Å². The molecule has 0 saturated heterocycles. The first-order valence-corrected chi connectivity index (χ1v) is 9.43. The van der Waals surface area contributed by atoms with E-state index in [0.29, 0.717) is 18.3 Å². The Balaban J connectivity index is 2.83. The molecule has 1 heterocycles. The van der Waals surface area contributed by atoms with Gasteiger partial charge in [-0.3, -0.25) is 10.1 Å². The Morgan fingerprint density at radius 3 is 2.39 bits per heavy atom. The highest BCUT2D eigenvalue weighted by molar-refractivity contribution is 9.09. The minimum atomic E-state index is -4.78. The first-order valence-electron chi connectivity index (χ1n) is 8.31. The molecule has 0 saturated carbocycles. The normalized spacial score (nSPS) is 17.9. The molecule has 1 atom stereocenters. The lowest BCUT2D eigenvalue weighted by molar-refractivity contribution is -0.431. The number of hydrogen-bond acceptors (Lipinski definition) is 4. The van der Waals surface area contributed by atoms with Crippen LogP contribution in [0.2, 0.25) is 0 Å². The van der Waals surface area contributed by atoms with Gasteiger partial charge in [0.05, 0.1) is 21.8 Å². The Morgan fingerprint density at radius 1 is 1.29 bits per heavy atom. The summed E-state index contributed by atoms with van der Waals surface area (Å²) < 4.78 is 40.6. The van der Waals surface area contributed by atoms with Crippen LogP contribution in [0, 0.1) is 10.1 Å². The van der Waals surface area contributed by atoms with Crippen LogP contribution < -0.4 is 0 Å². The standard InChI is InChI=1S/C18H18BrF3N2O4/c1-10-14(17(25)26)15(12-6-3-4-7-13(12)18(20,21)22)16(24(27)28)11(2)23(10)9-5-8-19/h3-4,6-7,15H,5,8-9H2,1-2H3,(H,25,26). The van der Waals surface area contributed by atoms with Crippen LogP contribution in [0.15, 0.2) is 46.9 Å².